The second kappa shape index (κ2) is 10.7. The summed E-state index contributed by atoms with van der Waals surface area (Å²) in [6.07, 6.45) is 1.54. The van der Waals surface area contributed by atoms with Gasteiger partial charge in [0.05, 0.1) is 26.5 Å². The molecule has 0 saturated carbocycles. The summed E-state index contributed by atoms with van der Waals surface area (Å²) in [6, 6.07) is 16.2. The highest BCUT2D eigenvalue weighted by molar-refractivity contribution is 5.93. The normalized spacial score (nSPS) is 11.7. The number of nitrogens with zero attached hydrogens (tertiary/aromatic N) is 1. The monoisotopic (exact) mass is 450 g/mol. The van der Waals surface area contributed by atoms with Crippen LogP contribution in [-0.4, -0.2) is 24.7 Å². The molecule has 1 heterocycles. The quantitative estimate of drug-likeness (QED) is 0.531. The van der Waals surface area contributed by atoms with E-state index in [0.717, 1.165) is 11.1 Å². The molecule has 0 bridgehead atoms. The Kier molecular flexibility index (Phi) is 7.77. The van der Waals surface area contributed by atoms with E-state index in [1.54, 1.807) is 32.0 Å². The van der Waals surface area contributed by atoms with Gasteiger partial charge in [-0.05, 0) is 29.2 Å². The van der Waals surface area contributed by atoms with Crippen LogP contribution in [0, 0.1) is 5.92 Å². The zero-order valence-electron chi connectivity index (χ0n) is 19.6. The Morgan fingerprint density at radius 1 is 0.970 bits per heavy atom. The maximum atomic E-state index is 13.1. The fourth-order valence-electron chi connectivity index (χ4n) is 3.57. The second-order valence-corrected chi connectivity index (χ2v) is 8.08. The molecular formula is C26H30N2O5. The standard InChI is InChI=1S/C26H30N2O5/c1-17(2)25(19-11-12-22(31-4)23(13-19)32-5)27-26(30)20-14-21(29)24(15-28(20)3)33-16-18-9-7-6-8-10-18/h6-15,17,25H,16H2,1-5H3,(H,27,30)/t25-/m1/s1. The molecule has 0 unspecified atom stereocenters. The number of aromatic nitrogens is 1. The molecule has 3 aromatic rings. The van der Waals surface area contributed by atoms with E-state index < -0.39 is 0 Å². The summed E-state index contributed by atoms with van der Waals surface area (Å²) in [5.74, 6) is 1.14. The first-order valence-electron chi connectivity index (χ1n) is 10.7. The number of methoxy groups -OCH3 is 2. The van der Waals surface area contributed by atoms with Crippen molar-refractivity contribution in [3.05, 3.63) is 87.8 Å². The zero-order chi connectivity index (χ0) is 24.0. The van der Waals surface area contributed by atoms with Crippen LogP contribution in [0.1, 0.15) is 41.5 Å². The van der Waals surface area contributed by atoms with E-state index >= 15 is 0 Å². The highest BCUT2D eigenvalue weighted by Crippen LogP contribution is 2.32. The highest BCUT2D eigenvalue weighted by atomic mass is 16.5. The summed E-state index contributed by atoms with van der Waals surface area (Å²) in [5.41, 5.74) is 1.74. The van der Waals surface area contributed by atoms with Crippen molar-refractivity contribution in [2.75, 3.05) is 14.2 Å². The summed E-state index contributed by atoms with van der Waals surface area (Å²) < 4.78 is 18.0. The van der Waals surface area contributed by atoms with Crippen LogP contribution in [0.25, 0.3) is 0 Å². The Bertz CT molecular complexity index is 1160. The molecule has 1 aromatic heterocycles. The predicted octanol–water partition coefficient (Wildman–Crippen LogP) is 4.11. The molecule has 7 nitrogen and oxygen atoms in total. The van der Waals surface area contributed by atoms with Gasteiger partial charge in [0.1, 0.15) is 12.3 Å². The van der Waals surface area contributed by atoms with Crippen LogP contribution >= 0.6 is 0 Å². The molecule has 0 fully saturated rings. The molecule has 1 atom stereocenters. The number of amides is 1. The minimum Gasteiger partial charge on any atom is -0.493 e. The summed E-state index contributed by atoms with van der Waals surface area (Å²) in [5, 5.41) is 3.05. The Labute approximate surface area is 193 Å². The molecule has 0 spiro atoms. The van der Waals surface area contributed by atoms with Crippen LogP contribution < -0.4 is 25.0 Å². The van der Waals surface area contributed by atoms with Gasteiger partial charge in [0.25, 0.3) is 5.91 Å². The molecule has 7 heteroatoms. The summed E-state index contributed by atoms with van der Waals surface area (Å²) in [7, 11) is 4.86. The Morgan fingerprint density at radius 3 is 2.30 bits per heavy atom. The van der Waals surface area contributed by atoms with Crippen LogP contribution in [0.5, 0.6) is 17.2 Å². The largest absolute Gasteiger partial charge is 0.493 e. The lowest BCUT2D eigenvalue weighted by Crippen LogP contribution is -2.34. The van der Waals surface area contributed by atoms with Gasteiger partial charge < -0.3 is 24.1 Å². The van der Waals surface area contributed by atoms with Crippen molar-refractivity contribution in [2.45, 2.75) is 26.5 Å². The van der Waals surface area contributed by atoms with E-state index in [1.165, 1.54) is 6.07 Å². The van der Waals surface area contributed by atoms with Crippen molar-refractivity contribution in [1.29, 1.82) is 0 Å². The third kappa shape index (κ3) is 5.74. The van der Waals surface area contributed by atoms with Gasteiger partial charge in [-0.15, -0.1) is 0 Å². The van der Waals surface area contributed by atoms with Crippen molar-refractivity contribution >= 4 is 5.91 Å². The first-order chi connectivity index (χ1) is 15.8. The van der Waals surface area contributed by atoms with Crippen molar-refractivity contribution in [3.8, 4) is 17.2 Å². The molecule has 1 amide bonds. The average Bonchev–Trinajstić information content (AvgIpc) is 2.82. The minimum absolute atomic E-state index is 0.0950. The molecule has 2 aromatic carbocycles. The van der Waals surface area contributed by atoms with E-state index in [1.807, 2.05) is 62.4 Å². The number of nitrogens with one attached hydrogen (secondary N) is 1. The van der Waals surface area contributed by atoms with Crippen molar-refractivity contribution in [3.63, 3.8) is 0 Å². The van der Waals surface area contributed by atoms with Crippen LogP contribution in [0.15, 0.2) is 65.6 Å². The molecule has 3 rings (SSSR count). The van der Waals surface area contributed by atoms with E-state index in [0.29, 0.717) is 11.5 Å². The van der Waals surface area contributed by atoms with Gasteiger partial charge in [-0.1, -0.05) is 50.2 Å². The van der Waals surface area contributed by atoms with E-state index in [4.69, 9.17) is 14.2 Å². The first kappa shape index (κ1) is 23.9. The molecule has 0 aliphatic heterocycles. The fraction of sp³-hybridized carbons (Fsp3) is 0.308. The maximum Gasteiger partial charge on any atom is 0.268 e. The number of hydrogen-bond donors (Lipinski definition) is 1. The lowest BCUT2D eigenvalue weighted by Gasteiger charge is -2.24. The van der Waals surface area contributed by atoms with Gasteiger partial charge in [-0.2, -0.15) is 0 Å². The Morgan fingerprint density at radius 2 is 1.67 bits per heavy atom. The molecule has 0 saturated heterocycles. The number of aryl methyl sites for hydroxylation is 1. The number of carbonyl (C=O) groups excluding carboxylic acids is 1. The molecule has 174 valence electrons. The Balaban J connectivity index is 1.80. The van der Waals surface area contributed by atoms with E-state index in [9.17, 15) is 9.59 Å². The third-order valence-corrected chi connectivity index (χ3v) is 5.39. The number of hydrogen-bond acceptors (Lipinski definition) is 5. The maximum absolute atomic E-state index is 13.1. The SMILES string of the molecule is COc1ccc([C@H](NC(=O)c2cc(=O)c(OCc3ccccc3)cn2C)C(C)C)cc1OC. The van der Waals surface area contributed by atoms with Crippen molar-refractivity contribution in [1.82, 2.24) is 9.88 Å². The fourth-order valence-corrected chi connectivity index (χ4v) is 3.57. The molecular weight excluding hydrogens is 420 g/mol. The molecule has 0 aliphatic carbocycles. The zero-order valence-corrected chi connectivity index (χ0v) is 19.6. The third-order valence-electron chi connectivity index (χ3n) is 5.39. The smallest absolute Gasteiger partial charge is 0.268 e. The molecule has 1 N–H and O–H groups in total. The summed E-state index contributed by atoms with van der Waals surface area (Å²) >= 11 is 0. The predicted molar refractivity (Wildman–Crippen MR) is 127 cm³/mol. The number of benzene rings is 2. The highest BCUT2D eigenvalue weighted by Gasteiger charge is 2.22. The minimum atomic E-state index is -0.349. The van der Waals surface area contributed by atoms with Gasteiger partial charge in [-0.3, -0.25) is 9.59 Å². The molecule has 0 radical (unpaired) electrons. The number of ether oxygens (including phenoxy) is 3. The van der Waals surface area contributed by atoms with Gasteiger partial charge in [0.2, 0.25) is 5.43 Å². The number of carbonyl (C=O) groups is 1. The topological polar surface area (TPSA) is 78.8 Å². The lowest BCUT2D eigenvalue weighted by molar-refractivity contribution is 0.0916. The van der Waals surface area contributed by atoms with Crippen molar-refractivity contribution < 1.29 is 19.0 Å². The van der Waals surface area contributed by atoms with E-state index in [2.05, 4.69) is 5.32 Å². The van der Waals surface area contributed by atoms with Crippen LogP contribution in [0.3, 0.4) is 0 Å². The van der Waals surface area contributed by atoms with Crippen LogP contribution in [0.2, 0.25) is 0 Å². The molecule has 33 heavy (non-hydrogen) atoms. The number of rotatable bonds is 9. The van der Waals surface area contributed by atoms with Gasteiger partial charge in [-0.25, -0.2) is 0 Å². The van der Waals surface area contributed by atoms with Gasteiger partial charge >= 0.3 is 0 Å². The van der Waals surface area contributed by atoms with Crippen LogP contribution in [-0.2, 0) is 13.7 Å². The first-order valence-corrected chi connectivity index (χ1v) is 10.7. The molecule has 0 aliphatic rings. The van der Waals surface area contributed by atoms with E-state index in [-0.39, 0.29) is 41.3 Å². The van der Waals surface area contributed by atoms with Gasteiger partial charge in [0, 0.05) is 13.1 Å². The Hall–Kier alpha value is -3.74. The summed E-state index contributed by atoms with van der Waals surface area (Å²) in [6.45, 7) is 4.30. The summed E-state index contributed by atoms with van der Waals surface area (Å²) in [4.78, 5) is 25.7. The number of pyridine rings is 1. The second-order valence-electron chi connectivity index (χ2n) is 8.08. The van der Waals surface area contributed by atoms with Crippen LogP contribution in [0.4, 0.5) is 0 Å². The van der Waals surface area contributed by atoms with Crippen molar-refractivity contribution in [2.24, 2.45) is 13.0 Å². The lowest BCUT2D eigenvalue weighted by atomic mass is 9.95. The average molecular weight is 451 g/mol. The van der Waals surface area contributed by atoms with Gasteiger partial charge in [0.15, 0.2) is 17.2 Å².